The first kappa shape index (κ1) is 19.8. The van der Waals surface area contributed by atoms with Gasteiger partial charge in [-0.25, -0.2) is 8.42 Å². The van der Waals surface area contributed by atoms with Gasteiger partial charge < -0.3 is 15.0 Å². The summed E-state index contributed by atoms with van der Waals surface area (Å²) in [6.07, 6.45) is 2.56. The Balaban J connectivity index is 1.88. The van der Waals surface area contributed by atoms with Crippen molar-refractivity contribution in [3.05, 3.63) is 41.6 Å². The summed E-state index contributed by atoms with van der Waals surface area (Å²) in [5.41, 5.74) is 1.01. The van der Waals surface area contributed by atoms with Crippen LogP contribution < -0.4 is 10.1 Å². The first-order valence-electron chi connectivity index (χ1n) is 8.30. The molecular formula is C18H23N3O4S. The highest BCUT2D eigenvalue weighted by Crippen LogP contribution is 2.17. The van der Waals surface area contributed by atoms with Crippen LogP contribution in [-0.4, -0.2) is 57.5 Å². The molecule has 1 N–H and O–H groups in total. The lowest BCUT2D eigenvalue weighted by molar-refractivity contribution is -0.117. The van der Waals surface area contributed by atoms with Crippen LogP contribution >= 0.6 is 0 Å². The number of nitrogens with zero attached hydrogens (tertiary/aromatic N) is 2. The van der Waals surface area contributed by atoms with E-state index in [1.54, 1.807) is 19.1 Å². The van der Waals surface area contributed by atoms with Crippen molar-refractivity contribution in [1.82, 2.24) is 10.2 Å². The van der Waals surface area contributed by atoms with Gasteiger partial charge in [0.2, 0.25) is 0 Å². The van der Waals surface area contributed by atoms with Gasteiger partial charge in [0.15, 0.2) is 9.84 Å². The van der Waals surface area contributed by atoms with Crippen molar-refractivity contribution in [3.63, 3.8) is 0 Å². The van der Waals surface area contributed by atoms with Crippen molar-refractivity contribution >= 4 is 15.7 Å². The van der Waals surface area contributed by atoms with Crippen molar-refractivity contribution in [2.24, 2.45) is 0 Å². The number of nitriles is 1. The fraction of sp³-hybridized carbons (Fsp3) is 0.444. The molecule has 0 aliphatic carbocycles. The first-order chi connectivity index (χ1) is 12.3. The molecule has 0 spiro atoms. The lowest BCUT2D eigenvalue weighted by Crippen LogP contribution is -2.31. The zero-order valence-electron chi connectivity index (χ0n) is 14.9. The summed E-state index contributed by atoms with van der Waals surface area (Å²) in [7, 11) is 0.272. The number of carbonyl (C=O) groups excluding carboxylic acids is 1. The summed E-state index contributed by atoms with van der Waals surface area (Å²) in [6.45, 7) is 0.395. The van der Waals surface area contributed by atoms with E-state index in [1.807, 2.05) is 30.3 Å². The Hall–Kier alpha value is -2.53. The molecule has 1 amide bonds. The van der Waals surface area contributed by atoms with Crippen molar-refractivity contribution in [2.75, 3.05) is 32.2 Å². The minimum atomic E-state index is -3.02. The van der Waals surface area contributed by atoms with Gasteiger partial charge in [0, 0.05) is 25.8 Å². The van der Waals surface area contributed by atoms with E-state index in [0.717, 1.165) is 11.3 Å². The number of carbonyl (C=O) groups is 1. The Labute approximate surface area is 154 Å². The van der Waals surface area contributed by atoms with Gasteiger partial charge in [0.25, 0.3) is 5.91 Å². The van der Waals surface area contributed by atoms with Gasteiger partial charge in [-0.1, -0.05) is 12.1 Å². The van der Waals surface area contributed by atoms with E-state index in [2.05, 4.69) is 5.32 Å². The van der Waals surface area contributed by atoms with Crippen LogP contribution in [0.15, 0.2) is 36.0 Å². The van der Waals surface area contributed by atoms with Crippen LogP contribution in [0, 0.1) is 11.3 Å². The predicted molar refractivity (Wildman–Crippen MR) is 98.2 cm³/mol. The molecule has 0 bridgehead atoms. The van der Waals surface area contributed by atoms with Crippen molar-refractivity contribution < 1.29 is 17.9 Å². The Kier molecular flexibility index (Phi) is 6.64. The number of amides is 1. The first-order valence-corrected chi connectivity index (χ1v) is 10.1. The van der Waals surface area contributed by atoms with Gasteiger partial charge in [-0.15, -0.1) is 0 Å². The number of methoxy groups -OCH3 is 1. The number of rotatable bonds is 7. The second-order valence-electron chi connectivity index (χ2n) is 6.23. The molecule has 1 unspecified atom stereocenters. The van der Waals surface area contributed by atoms with Crippen LogP contribution in [0.5, 0.6) is 5.75 Å². The molecule has 0 radical (unpaired) electrons. The van der Waals surface area contributed by atoms with E-state index in [9.17, 15) is 18.5 Å². The highest BCUT2D eigenvalue weighted by atomic mass is 32.2. The topological polar surface area (TPSA) is 99.5 Å². The minimum Gasteiger partial charge on any atom is -0.497 e. The molecule has 1 aromatic rings. The molecule has 26 heavy (non-hydrogen) atoms. The van der Waals surface area contributed by atoms with E-state index >= 15 is 0 Å². The van der Waals surface area contributed by atoms with E-state index in [-0.39, 0.29) is 23.1 Å². The van der Waals surface area contributed by atoms with Gasteiger partial charge >= 0.3 is 0 Å². The highest BCUT2D eigenvalue weighted by Gasteiger charge is 2.30. The second-order valence-corrected chi connectivity index (χ2v) is 8.46. The zero-order chi connectivity index (χ0) is 19.2. The van der Waals surface area contributed by atoms with E-state index < -0.39 is 15.7 Å². The maximum absolute atomic E-state index is 12.2. The number of benzene rings is 1. The van der Waals surface area contributed by atoms with Gasteiger partial charge in [-0.05, 0) is 30.5 Å². The lowest BCUT2D eigenvalue weighted by Gasteiger charge is -2.21. The van der Waals surface area contributed by atoms with Gasteiger partial charge in [-0.2, -0.15) is 5.26 Å². The molecule has 1 aliphatic rings. The minimum absolute atomic E-state index is 0.0356. The van der Waals surface area contributed by atoms with Crippen LogP contribution in [-0.2, 0) is 21.1 Å². The van der Waals surface area contributed by atoms with Gasteiger partial charge in [0.05, 0.1) is 18.6 Å². The molecule has 0 saturated carbocycles. The third-order valence-electron chi connectivity index (χ3n) is 4.34. The smallest absolute Gasteiger partial charge is 0.263 e. The lowest BCUT2D eigenvalue weighted by atomic mass is 10.1. The molecule has 1 heterocycles. The van der Waals surface area contributed by atoms with Crippen LogP contribution in [0.25, 0.3) is 0 Å². The molecule has 140 valence electrons. The maximum atomic E-state index is 12.2. The largest absolute Gasteiger partial charge is 0.497 e. The number of nitrogens with one attached hydrogen (secondary N) is 1. The van der Waals surface area contributed by atoms with E-state index in [1.165, 1.54) is 6.20 Å². The van der Waals surface area contributed by atoms with Crippen molar-refractivity contribution in [3.8, 4) is 11.8 Å². The molecule has 1 aliphatic heterocycles. The molecule has 7 nitrogen and oxygen atoms in total. The van der Waals surface area contributed by atoms with Crippen LogP contribution in [0.3, 0.4) is 0 Å². The molecule has 1 atom stereocenters. The molecular weight excluding hydrogens is 354 g/mol. The SMILES string of the molecule is COc1ccc(CCNC(=O)/C(C#N)=C\N(C)C2CCS(=O)(=O)C2)cc1. The Bertz CT molecular complexity index is 810. The summed E-state index contributed by atoms with van der Waals surface area (Å²) in [5, 5.41) is 11.9. The molecule has 0 aromatic heterocycles. The highest BCUT2D eigenvalue weighted by molar-refractivity contribution is 7.91. The van der Waals surface area contributed by atoms with Crippen LogP contribution in [0.4, 0.5) is 0 Å². The summed E-state index contributed by atoms with van der Waals surface area (Å²) in [4.78, 5) is 13.8. The summed E-state index contributed by atoms with van der Waals surface area (Å²) in [5.74, 6) is 0.502. The van der Waals surface area contributed by atoms with Gasteiger partial charge in [0.1, 0.15) is 17.4 Å². The van der Waals surface area contributed by atoms with E-state index in [4.69, 9.17) is 4.74 Å². The monoisotopic (exact) mass is 377 g/mol. The standard InChI is InChI=1S/C18H23N3O4S/c1-21(16-8-10-26(23,24)13-16)12-15(11-19)18(22)20-9-7-14-3-5-17(25-2)6-4-14/h3-6,12,16H,7-10,13H2,1-2H3,(H,20,22)/b15-12-. The summed E-state index contributed by atoms with van der Waals surface area (Å²) < 4.78 is 28.2. The second kappa shape index (κ2) is 8.72. The predicted octanol–water partition coefficient (Wildman–Crippen LogP) is 0.880. The fourth-order valence-corrected chi connectivity index (χ4v) is 4.54. The van der Waals surface area contributed by atoms with Crippen molar-refractivity contribution in [2.45, 2.75) is 18.9 Å². The molecule has 1 aromatic carbocycles. The van der Waals surface area contributed by atoms with Gasteiger partial charge in [-0.3, -0.25) is 4.79 Å². The van der Waals surface area contributed by atoms with Crippen molar-refractivity contribution in [1.29, 1.82) is 5.26 Å². The number of hydrogen-bond acceptors (Lipinski definition) is 6. The summed E-state index contributed by atoms with van der Waals surface area (Å²) in [6, 6.07) is 9.22. The third kappa shape index (κ3) is 5.49. The molecule has 8 heteroatoms. The average molecular weight is 377 g/mol. The fourth-order valence-electron chi connectivity index (χ4n) is 2.75. The number of ether oxygens (including phenoxy) is 1. The van der Waals surface area contributed by atoms with Crippen LogP contribution in [0.1, 0.15) is 12.0 Å². The number of hydrogen-bond donors (Lipinski definition) is 1. The van der Waals surface area contributed by atoms with Crippen LogP contribution in [0.2, 0.25) is 0 Å². The average Bonchev–Trinajstić information content (AvgIpc) is 3.00. The molecule has 2 rings (SSSR count). The number of sulfone groups is 1. The third-order valence-corrected chi connectivity index (χ3v) is 6.09. The summed E-state index contributed by atoms with van der Waals surface area (Å²) >= 11 is 0. The molecule has 1 fully saturated rings. The maximum Gasteiger partial charge on any atom is 0.263 e. The Morgan fingerprint density at radius 3 is 2.65 bits per heavy atom. The zero-order valence-corrected chi connectivity index (χ0v) is 15.8. The quantitative estimate of drug-likeness (QED) is 0.559. The Morgan fingerprint density at radius 1 is 1.42 bits per heavy atom. The molecule has 1 saturated heterocycles. The Morgan fingerprint density at radius 2 is 2.12 bits per heavy atom. The normalized spacial score (nSPS) is 18.8. The van der Waals surface area contributed by atoms with E-state index in [0.29, 0.717) is 19.4 Å².